The highest BCUT2D eigenvalue weighted by molar-refractivity contribution is 7.99. The lowest BCUT2D eigenvalue weighted by molar-refractivity contribution is -0.384. The molecule has 3 rings (SSSR count). The van der Waals surface area contributed by atoms with Gasteiger partial charge in [-0.2, -0.15) is 0 Å². The molecular weight excluding hydrogens is 408 g/mol. The van der Waals surface area contributed by atoms with Gasteiger partial charge in [0.2, 0.25) is 5.91 Å². The van der Waals surface area contributed by atoms with Crippen molar-refractivity contribution in [3.8, 4) is 17.1 Å². The summed E-state index contributed by atoms with van der Waals surface area (Å²) in [5.74, 6) is 0.628. The molecule has 0 aliphatic rings. The van der Waals surface area contributed by atoms with Gasteiger partial charge in [0.25, 0.3) is 5.69 Å². The Morgan fingerprint density at radius 1 is 1.27 bits per heavy atom. The molecule has 0 saturated heterocycles. The van der Waals surface area contributed by atoms with Crippen molar-refractivity contribution in [2.75, 3.05) is 23.9 Å². The minimum absolute atomic E-state index is 0.0169. The number of anilines is 2. The fraction of sp³-hybridized carbons (Fsp3) is 0.211. The van der Waals surface area contributed by atoms with E-state index in [2.05, 4.69) is 15.5 Å². The van der Waals surface area contributed by atoms with E-state index in [0.717, 1.165) is 5.56 Å². The molecule has 3 aromatic rings. The number of nitrogens with zero attached hydrogens (tertiary/aromatic N) is 4. The number of nitrogens with two attached hydrogens (primary N) is 1. The smallest absolute Gasteiger partial charge is 0.296 e. The molecule has 0 unspecified atom stereocenters. The van der Waals surface area contributed by atoms with E-state index in [1.54, 1.807) is 18.2 Å². The molecule has 1 aromatic heterocycles. The first-order chi connectivity index (χ1) is 14.4. The highest BCUT2D eigenvalue weighted by Crippen LogP contribution is 2.29. The van der Waals surface area contributed by atoms with E-state index in [1.807, 2.05) is 23.6 Å². The average molecular weight is 428 g/mol. The summed E-state index contributed by atoms with van der Waals surface area (Å²) in [5, 5.41) is 22.8. The van der Waals surface area contributed by atoms with E-state index < -0.39 is 10.8 Å². The Hall–Kier alpha value is -3.60. The van der Waals surface area contributed by atoms with Crippen molar-refractivity contribution in [3.05, 3.63) is 52.6 Å². The molecule has 0 spiro atoms. The molecule has 0 aliphatic carbocycles. The second-order valence-electron chi connectivity index (χ2n) is 6.15. The zero-order valence-corrected chi connectivity index (χ0v) is 17.2. The molecule has 30 heavy (non-hydrogen) atoms. The maximum absolute atomic E-state index is 12.4. The zero-order valence-electron chi connectivity index (χ0n) is 16.4. The highest BCUT2D eigenvalue weighted by Gasteiger charge is 2.19. The predicted octanol–water partition coefficient (Wildman–Crippen LogP) is 3.19. The summed E-state index contributed by atoms with van der Waals surface area (Å²) in [6, 6.07) is 11.5. The van der Waals surface area contributed by atoms with E-state index in [-0.39, 0.29) is 17.1 Å². The normalized spacial score (nSPS) is 10.6. The Bertz CT molecular complexity index is 1070. The quantitative estimate of drug-likeness (QED) is 0.241. The molecule has 0 fully saturated rings. The molecule has 0 saturated carbocycles. The summed E-state index contributed by atoms with van der Waals surface area (Å²) in [6.07, 6.45) is 0. The number of rotatable bonds is 8. The van der Waals surface area contributed by atoms with Gasteiger partial charge in [-0.3, -0.25) is 14.9 Å². The van der Waals surface area contributed by atoms with Crippen molar-refractivity contribution < 1.29 is 14.5 Å². The molecule has 0 bridgehead atoms. The van der Waals surface area contributed by atoms with Gasteiger partial charge in [-0.05, 0) is 43.3 Å². The minimum Gasteiger partial charge on any atom is -0.496 e. The van der Waals surface area contributed by atoms with Gasteiger partial charge >= 0.3 is 0 Å². The van der Waals surface area contributed by atoms with Crippen LogP contribution >= 0.6 is 11.8 Å². The molecule has 3 N–H and O–H groups in total. The number of carbonyl (C=O) groups excluding carboxylic acids is 1. The summed E-state index contributed by atoms with van der Waals surface area (Å²) < 4.78 is 6.88. The molecule has 156 valence electrons. The molecule has 11 heteroatoms. The van der Waals surface area contributed by atoms with Crippen LogP contribution in [0.1, 0.15) is 6.92 Å². The number of carbonyl (C=O) groups is 1. The van der Waals surface area contributed by atoms with Crippen molar-refractivity contribution in [1.29, 1.82) is 0 Å². The van der Waals surface area contributed by atoms with Gasteiger partial charge in [0.15, 0.2) is 11.0 Å². The van der Waals surface area contributed by atoms with Crippen molar-refractivity contribution in [3.63, 3.8) is 0 Å². The first-order valence-corrected chi connectivity index (χ1v) is 9.95. The maximum atomic E-state index is 12.4. The van der Waals surface area contributed by atoms with Crippen molar-refractivity contribution in [1.82, 2.24) is 14.8 Å². The number of amides is 1. The van der Waals surface area contributed by atoms with Crippen LogP contribution < -0.4 is 15.8 Å². The van der Waals surface area contributed by atoms with Crippen LogP contribution in [0, 0.1) is 10.1 Å². The SMILES string of the molecule is CCn1c(SCC(=O)Nc2ccc(OC)cc2[N+](=O)[O-])nnc1-c1ccc(N)cc1. The standard InChI is InChI=1S/C19H20N6O4S/c1-3-24-18(12-4-6-13(20)7-5-12)22-23-19(24)30-11-17(26)21-15-9-8-14(29-2)10-16(15)25(27)28/h4-10H,3,11,20H2,1-2H3,(H,21,26). The molecule has 0 radical (unpaired) electrons. The topological polar surface area (TPSA) is 138 Å². The van der Waals surface area contributed by atoms with Crippen LogP contribution in [0.2, 0.25) is 0 Å². The third kappa shape index (κ3) is 4.69. The lowest BCUT2D eigenvalue weighted by Gasteiger charge is -2.09. The van der Waals surface area contributed by atoms with Crippen molar-refractivity contribution >= 4 is 34.7 Å². The molecule has 0 atom stereocenters. The molecule has 2 aromatic carbocycles. The first-order valence-electron chi connectivity index (χ1n) is 8.97. The van der Waals surface area contributed by atoms with Crippen molar-refractivity contribution in [2.24, 2.45) is 0 Å². The fourth-order valence-corrected chi connectivity index (χ4v) is 3.54. The van der Waals surface area contributed by atoms with E-state index in [4.69, 9.17) is 10.5 Å². The third-order valence-corrected chi connectivity index (χ3v) is 5.18. The van der Waals surface area contributed by atoms with Crippen LogP contribution in [0.5, 0.6) is 5.75 Å². The van der Waals surface area contributed by atoms with Crippen LogP contribution in [0.4, 0.5) is 17.1 Å². The Morgan fingerprint density at radius 3 is 2.63 bits per heavy atom. The van der Waals surface area contributed by atoms with Crippen molar-refractivity contribution in [2.45, 2.75) is 18.6 Å². The van der Waals surface area contributed by atoms with Crippen LogP contribution in [-0.4, -0.2) is 38.5 Å². The van der Waals surface area contributed by atoms with Gasteiger partial charge in [0.05, 0.1) is 23.9 Å². The number of nitrogens with one attached hydrogen (secondary N) is 1. The average Bonchev–Trinajstić information content (AvgIpc) is 3.15. The summed E-state index contributed by atoms with van der Waals surface area (Å²) in [7, 11) is 1.41. The first kappa shape index (κ1) is 21.1. The Kier molecular flexibility index (Phi) is 6.52. The number of methoxy groups -OCH3 is 1. The number of nitro benzene ring substituents is 1. The maximum Gasteiger partial charge on any atom is 0.296 e. The summed E-state index contributed by atoms with van der Waals surface area (Å²) in [6.45, 7) is 2.57. The molecule has 1 amide bonds. The molecule has 1 heterocycles. The lowest BCUT2D eigenvalue weighted by Crippen LogP contribution is -2.15. The lowest BCUT2D eigenvalue weighted by atomic mass is 10.2. The monoisotopic (exact) mass is 428 g/mol. The van der Waals surface area contributed by atoms with Crippen LogP contribution in [0.3, 0.4) is 0 Å². The van der Waals surface area contributed by atoms with Crippen LogP contribution in [0.25, 0.3) is 11.4 Å². The van der Waals surface area contributed by atoms with E-state index in [9.17, 15) is 14.9 Å². The Labute approximate surface area is 176 Å². The van der Waals surface area contributed by atoms with Crippen LogP contribution in [-0.2, 0) is 11.3 Å². The number of nitrogen functional groups attached to an aromatic ring is 1. The van der Waals surface area contributed by atoms with Gasteiger partial charge in [-0.25, -0.2) is 0 Å². The van der Waals surface area contributed by atoms with E-state index in [0.29, 0.717) is 29.0 Å². The predicted molar refractivity (Wildman–Crippen MR) is 115 cm³/mol. The number of benzene rings is 2. The zero-order chi connectivity index (χ0) is 21.7. The Balaban J connectivity index is 1.71. The summed E-state index contributed by atoms with van der Waals surface area (Å²) in [5.41, 5.74) is 7.11. The van der Waals surface area contributed by atoms with Gasteiger partial charge < -0.3 is 20.4 Å². The molecule has 10 nitrogen and oxygen atoms in total. The molecule has 0 aliphatic heterocycles. The fourth-order valence-electron chi connectivity index (χ4n) is 2.74. The largest absolute Gasteiger partial charge is 0.496 e. The second kappa shape index (κ2) is 9.27. The number of ether oxygens (including phenoxy) is 1. The number of hydrogen-bond donors (Lipinski definition) is 2. The van der Waals surface area contributed by atoms with E-state index >= 15 is 0 Å². The third-order valence-electron chi connectivity index (χ3n) is 4.21. The van der Waals surface area contributed by atoms with Gasteiger partial charge in [0, 0.05) is 17.8 Å². The van der Waals surface area contributed by atoms with E-state index in [1.165, 1.54) is 31.0 Å². The van der Waals surface area contributed by atoms with Gasteiger partial charge in [-0.15, -0.1) is 10.2 Å². The Morgan fingerprint density at radius 2 is 2.00 bits per heavy atom. The number of thioether (sulfide) groups is 1. The molecular formula is C19H20N6O4S. The highest BCUT2D eigenvalue weighted by atomic mass is 32.2. The number of nitro groups is 1. The van der Waals surface area contributed by atoms with Gasteiger partial charge in [0.1, 0.15) is 11.4 Å². The number of hydrogen-bond acceptors (Lipinski definition) is 8. The van der Waals surface area contributed by atoms with Gasteiger partial charge in [-0.1, -0.05) is 11.8 Å². The minimum atomic E-state index is -0.572. The summed E-state index contributed by atoms with van der Waals surface area (Å²) >= 11 is 1.20. The summed E-state index contributed by atoms with van der Waals surface area (Å²) in [4.78, 5) is 23.1. The van der Waals surface area contributed by atoms with Crippen LogP contribution in [0.15, 0.2) is 47.6 Å². The number of aromatic nitrogens is 3. The second-order valence-corrected chi connectivity index (χ2v) is 7.09.